The van der Waals surface area contributed by atoms with E-state index in [0.29, 0.717) is 12.2 Å². The van der Waals surface area contributed by atoms with E-state index in [4.69, 9.17) is 0 Å². The lowest BCUT2D eigenvalue weighted by atomic mass is 10.1. The first-order valence-corrected chi connectivity index (χ1v) is 8.61. The Hall–Kier alpha value is -2.14. The van der Waals surface area contributed by atoms with Crippen LogP contribution in [0.25, 0.3) is 0 Å². The van der Waals surface area contributed by atoms with Crippen LogP contribution < -0.4 is 10.2 Å². The molecule has 0 spiro atoms. The van der Waals surface area contributed by atoms with Crippen molar-refractivity contribution in [3.63, 3.8) is 0 Å². The highest BCUT2D eigenvalue weighted by atomic mass is 79.9. The van der Waals surface area contributed by atoms with Crippen LogP contribution in [0.2, 0.25) is 0 Å². The molecule has 0 bridgehead atoms. The van der Waals surface area contributed by atoms with Gasteiger partial charge in [-0.05, 0) is 52.5 Å². The van der Waals surface area contributed by atoms with Gasteiger partial charge in [-0.15, -0.1) is 0 Å². The molecule has 126 valence electrons. The smallest absolute Gasteiger partial charge is 0.240 e. The highest BCUT2D eigenvalue weighted by Gasteiger charge is 2.17. The van der Waals surface area contributed by atoms with Crippen molar-refractivity contribution in [2.75, 3.05) is 18.0 Å². The summed E-state index contributed by atoms with van der Waals surface area (Å²) in [6, 6.07) is 15.7. The van der Waals surface area contributed by atoms with Crippen LogP contribution in [0.1, 0.15) is 18.1 Å². The molecule has 0 radical (unpaired) electrons. The fraction of sp³-hybridized carbons (Fsp3) is 0.263. The number of carbonyl (C=O) groups excluding carboxylic acids is 2. The molecule has 0 aliphatic carbocycles. The molecule has 2 amide bonds. The molecule has 0 saturated carbocycles. The number of nitrogens with one attached hydrogen (secondary N) is 1. The fourth-order valence-corrected chi connectivity index (χ4v) is 3.09. The van der Waals surface area contributed by atoms with Crippen LogP contribution in [0.5, 0.6) is 0 Å². The maximum atomic E-state index is 12.2. The maximum absolute atomic E-state index is 12.2. The van der Waals surface area contributed by atoms with Gasteiger partial charge in [-0.25, -0.2) is 0 Å². The van der Waals surface area contributed by atoms with Crippen molar-refractivity contribution in [3.05, 3.63) is 64.1 Å². The normalized spacial score (nSPS) is 10.3. The summed E-state index contributed by atoms with van der Waals surface area (Å²) in [5.41, 5.74) is 2.95. The lowest BCUT2D eigenvalue weighted by molar-refractivity contribution is -0.123. The number of hydrogen-bond acceptors (Lipinski definition) is 2. The molecule has 2 rings (SSSR count). The predicted molar refractivity (Wildman–Crippen MR) is 100 cm³/mol. The van der Waals surface area contributed by atoms with Crippen molar-refractivity contribution in [1.82, 2.24) is 5.32 Å². The van der Waals surface area contributed by atoms with Crippen LogP contribution in [0.15, 0.2) is 53.0 Å². The highest BCUT2D eigenvalue weighted by molar-refractivity contribution is 9.10. The number of hydrogen-bond donors (Lipinski definition) is 1. The molecular formula is C19H21BrN2O2. The lowest BCUT2D eigenvalue weighted by Gasteiger charge is -2.22. The summed E-state index contributed by atoms with van der Waals surface area (Å²) < 4.78 is 0.801. The Morgan fingerprint density at radius 2 is 1.83 bits per heavy atom. The molecule has 5 heteroatoms. The molecule has 0 aromatic heterocycles. The highest BCUT2D eigenvalue weighted by Crippen LogP contribution is 2.27. The SMILES string of the molecule is CC(=O)N(CC(=O)NCCc1ccccc1)c1ccc(C)cc1Br. The van der Waals surface area contributed by atoms with Crippen LogP contribution in [-0.2, 0) is 16.0 Å². The van der Waals surface area contributed by atoms with E-state index in [9.17, 15) is 9.59 Å². The Morgan fingerprint density at radius 1 is 1.12 bits per heavy atom. The first kappa shape index (κ1) is 18.2. The van der Waals surface area contributed by atoms with E-state index in [-0.39, 0.29) is 18.4 Å². The zero-order valence-electron chi connectivity index (χ0n) is 13.9. The van der Waals surface area contributed by atoms with Gasteiger partial charge in [0.2, 0.25) is 11.8 Å². The van der Waals surface area contributed by atoms with E-state index >= 15 is 0 Å². The number of carbonyl (C=O) groups is 2. The second-order valence-corrected chi connectivity index (χ2v) is 6.50. The zero-order chi connectivity index (χ0) is 17.5. The lowest BCUT2D eigenvalue weighted by Crippen LogP contribution is -2.40. The summed E-state index contributed by atoms with van der Waals surface area (Å²) in [5, 5.41) is 2.87. The summed E-state index contributed by atoms with van der Waals surface area (Å²) in [6.45, 7) is 3.99. The Balaban J connectivity index is 1.95. The number of halogens is 1. The standard InChI is InChI=1S/C19H21BrN2O2/c1-14-8-9-18(17(20)12-14)22(15(2)23)13-19(24)21-11-10-16-6-4-3-5-7-16/h3-9,12H,10-11,13H2,1-2H3,(H,21,24). The molecule has 0 aliphatic heterocycles. The first-order chi connectivity index (χ1) is 11.5. The van der Waals surface area contributed by atoms with Gasteiger partial charge in [-0.2, -0.15) is 0 Å². The summed E-state index contributed by atoms with van der Waals surface area (Å²) >= 11 is 3.46. The average molecular weight is 389 g/mol. The van der Waals surface area contributed by atoms with E-state index in [0.717, 1.165) is 16.5 Å². The van der Waals surface area contributed by atoms with Gasteiger partial charge in [-0.1, -0.05) is 36.4 Å². The van der Waals surface area contributed by atoms with E-state index in [1.807, 2.05) is 55.5 Å². The van der Waals surface area contributed by atoms with Crippen molar-refractivity contribution < 1.29 is 9.59 Å². The molecule has 24 heavy (non-hydrogen) atoms. The number of aryl methyl sites for hydroxylation is 1. The van der Waals surface area contributed by atoms with Crippen LogP contribution in [0, 0.1) is 6.92 Å². The molecule has 0 aliphatic rings. The van der Waals surface area contributed by atoms with E-state index in [2.05, 4.69) is 21.2 Å². The molecule has 4 nitrogen and oxygen atoms in total. The molecule has 0 fully saturated rings. The average Bonchev–Trinajstić information content (AvgIpc) is 2.54. The van der Waals surface area contributed by atoms with Crippen LogP contribution in [0.4, 0.5) is 5.69 Å². The third-order valence-electron chi connectivity index (χ3n) is 3.65. The Bertz CT molecular complexity index is 717. The Morgan fingerprint density at radius 3 is 2.46 bits per heavy atom. The maximum Gasteiger partial charge on any atom is 0.240 e. The van der Waals surface area contributed by atoms with Crippen molar-refractivity contribution in [1.29, 1.82) is 0 Å². The topological polar surface area (TPSA) is 49.4 Å². The van der Waals surface area contributed by atoms with Gasteiger partial charge in [-0.3, -0.25) is 9.59 Å². The quantitative estimate of drug-likeness (QED) is 0.823. The number of rotatable bonds is 6. The summed E-state index contributed by atoms with van der Waals surface area (Å²) in [7, 11) is 0. The van der Waals surface area contributed by atoms with E-state index in [1.54, 1.807) is 0 Å². The summed E-state index contributed by atoms with van der Waals surface area (Å²) in [6.07, 6.45) is 0.765. The first-order valence-electron chi connectivity index (χ1n) is 7.82. The largest absolute Gasteiger partial charge is 0.354 e. The minimum atomic E-state index is -0.173. The van der Waals surface area contributed by atoms with Gasteiger partial charge in [0.05, 0.1) is 5.69 Å². The predicted octanol–water partition coefficient (Wildman–Crippen LogP) is 3.47. The molecular weight excluding hydrogens is 368 g/mol. The van der Waals surface area contributed by atoms with Gasteiger partial charge in [0, 0.05) is 17.9 Å². The molecule has 0 saturated heterocycles. The summed E-state index contributed by atoms with van der Waals surface area (Å²) in [5.74, 6) is -0.341. The third-order valence-corrected chi connectivity index (χ3v) is 4.29. The van der Waals surface area contributed by atoms with Gasteiger partial charge >= 0.3 is 0 Å². The minimum Gasteiger partial charge on any atom is -0.354 e. The van der Waals surface area contributed by atoms with E-state index in [1.165, 1.54) is 17.4 Å². The van der Waals surface area contributed by atoms with Gasteiger partial charge in [0.25, 0.3) is 0 Å². The van der Waals surface area contributed by atoms with Crippen molar-refractivity contribution in [2.24, 2.45) is 0 Å². The fourth-order valence-electron chi connectivity index (χ4n) is 2.39. The van der Waals surface area contributed by atoms with Gasteiger partial charge in [0.15, 0.2) is 0 Å². The molecule has 0 atom stereocenters. The molecule has 2 aromatic carbocycles. The van der Waals surface area contributed by atoms with Crippen molar-refractivity contribution in [2.45, 2.75) is 20.3 Å². The second-order valence-electron chi connectivity index (χ2n) is 5.65. The molecule has 2 aromatic rings. The van der Waals surface area contributed by atoms with Gasteiger partial charge < -0.3 is 10.2 Å². The zero-order valence-corrected chi connectivity index (χ0v) is 15.5. The van der Waals surface area contributed by atoms with Crippen LogP contribution in [-0.4, -0.2) is 24.9 Å². The van der Waals surface area contributed by atoms with Crippen LogP contribution >= 0.6 is 15.9 Å². The molecule has 0 heterocycles. The third kappa shape index (κ3) is 5.20. The number of amides is 2. The molecule has 1 N–H and O–H groups in total. The summed E-state index contributed by atoms with van der Waals surface area (Å²) in [4.78, 5) is 25.6. The van der Waals surface area contributed by atoms with Crippen LogP contribution in [0.3, 0.4) is 0 Å². The van der Waals surface area contributed by atoms with Crippen molar-refractivity contribution >= 4 is 33.4 Å². The van der Waals surface area contributed by atoms with Crippen molar-refractivity contribution in [3.8, 4) is 0 Å². The van der Waals surface area contributed by atoms with E-state index < -0.39 is 0 Å². The minimum absolute atomic E-state index is 0.00574. The number of anilines is 1. The number of nitrogens with zero attached hydrogens (tertiary/aromatic N) is 1. The Labute approximate surface area is 151 Å². The second kappa shape index (κ2) is 8.64. The number of benzene rings is 2. The Kier molecular flexibility index (Phi) is 6.55. The monoisotopic (exact) mass is 388 g/mol. The van der Waals surface area contributed by atoms with Gasteiger partial charge in [0.1, 0.15) is 6.54 Å². The molecule has 0 unspecified atom stereocenters.